The van der Waals surface area contributed by atoms with Gasteiger partial charge in [0.25, 0.3) is 0 Å². The minimum atomic E-state index is -2.99. The van der Waals surface area contributed by atoms with Crippen LogP contribution >= 0.6 is 68.0 Å². The summed E-state index contributed by atoms with van der Waals surface area (Å²) in [7, 11) is 0. The predicted octanol–water partition coefficient (Wildman–Crippen LogP) is 39.6. The monoisotopic (exact) mass is 2060 g/mol. The first-order valence-electron chi connectivity index (χ1n) is 53.8. The van der Waals surface area contributed by atoms with Crippen molar-refractivity contribution in [1.82, 2.24) is 0 Å². The zero-order valence-electron chi connectivity index (χ0n) is 82.3. The molecule has 0 aliphatic heterocycles. The van der Waals surface area contributed by atoms with Gasteiger partial charge in [-0.3, -0.25) is 0 Å². The molecule has 0 unspecified atom stereocenters. The minimum absolute atomic E-state index is 0.650. The Morgan fingerprint density at radius 3 is 0.602 bits per heavy atom. The van der Waals surface area contributed by atoms with Gasteiger partial charge in [-0.15, -0.1) is 0 Å². The van der Waals surface area contributed by atoms with Crippen LogP contribution < -0.4 is 24.7 Å². The zero-order valence-corrected chi connectivity index (χ0v) is 92.9. The molecule has 0 bridgehead atoms. The molecule has 0 N–H and O–H groups in total. The second-order valence-electron chi connectivity index (χ2n) is 39.4. The van der Waals surface area contributed by atoms with Crippen LogP contribution in [0.1, 0.15) is 448 Å². The molecule has 4 aromatic carbocycles. The number of fused-ring (bicyclic) bond motifs is 13. The van der Waals surface area contributed by atoms with Crippen molar-refractivity contribution >= 4 is 139 Å². The van der Waals surface area contributed by atoms with Crippen LogP contribution in [0.25, 0.3) is 47.7 Å². The van der Waals surface area contributed by atoms with Crippen molar-refractivity contribution in [2.45, 2.75) is 441 Å². The van der Waals surface area contributed by atoms with Gasteiger partial charge in [0.15, 0.2) is 0 Å². The molecule has 0 spiro atoms. The van der Waals surface area contributed by atoms with Gasteiger partial charge in [-0.2, -0.15) is 0 Å². The summed E-state index contributed by atoms with van der Waals surface area (Å²) in [6.45, 7) is 27.0. The van der Waals surface area contributed by atoms with Gasteiger partial charge in [0.2, 0.25) is 0 Å². The summed E-state index contributed by atoms with van der Waals surface area (Å²) in [5.41, 5.74) is 10.2. The first-order chi connectivity index (χ1) is 63.1. The molecule has 12 heteroatoms. The predicted molar refractivity (Wildman–Crippen MR) is 579 cm³/mol. The van der Waals surface area contributed by atoms with Gasteiger partial charge < -0.3 is 0 Å². The fraction of sp³-hybridized carbons (Fsp3) is 0.638. The Morgan fingerprint density at radius 1 is 0.203 bits per heavy atom. The topological polar surface area (TPSA) is 36.9 Å². The molecule has 4 nitrogen and oxygen atoms in total. The summed E-state index contributed by atoms with van der Waals surface area (Å²) >= 11 is 7.30. The molecule has 6 aromatic heterocycles. The van der Waals surface area contributed by atoms with Crippen LogP contribution in [0.15, 0.2) is 109 Å². The second kappa shape index (κ2) is 55.8. The van der Waals surface area contributed by atoms with Gasteiger partial charge in [0.05, 0.1) is 0 Å². The van der Waals surface area contributed by atoms with Crippen molar-refractivity contribution in [1.29, 1.82) is 0 Å². The molecule has 2 aliphatic rings. The SMILES string of the molecule is CCCCCCCCCCCCOc1ccc(C2(c3ccc(OCCCCCCCCCCCC)cc3)c3c(sc4c[c]([Sn]([CH2]CCC)([CH2]CCC)[CH2]CCC)sc34)-c3sc4c5c(sc4c32)-c2sc3c[c]([Sn]([CH2]CCC)([CH2]CCC)[CH2]CCC)sc3c2C5(c2ccc(OCCCCCCCCCCCC)cc2)c2ccc(OCCCCCCCCCCCC)cc2)cc1. The fourth-order valence-corrected chi connectivity index (χ4v) is 69.6. The summed E-state index contributed by atoms with van der Waals surface area (Å²) in [5, 5.41) is 0. The Kier molecular flexibility index (Phi) is 45.1. The molecule has 0 saturated heterocycles. The van der Waals surface area contributed by atoms with E-state index in [-0.39, 0.29) is 0 Å². The van der Waals surface area contributed by atoms with Crippen molar-refractivity contribution in [3.8, 4) is 42.5 Å². The summed E-state index contributed by atoms with van der Waals surface area (Å²) < 4.78 is 49.3. The number of hydrogen-bond donors (Lipinski definition) is 0. The van der Waals surface area contributed by atoms with Crippen molar-refractivity contribution in [2.75, 3.05) is 26.4 Å². The van der Waals surface area contributed by atoms with E-state index in [0.29, 0.717) is 0 Å². The number of thiophene rings is 6. The third kappa shape index (κ3) is 26.3. The van der Waals surface area contributed by atoms with E-state index < -0.39 is 47.6 Å². The Bertz CT molecular complexity index is 4260. The molecule has 704 valence electrons. The van der Waals surface area contributed by atoms with Crippen molar-refractivity contribution in [2.24, 2.45) is 0 Å². The van der Waals surface area contributed by atoms with Crippen molar-refractivity contribution < 1.29 is 18.9 Å². The average molecular weight is 2060 g/mol. The third-order valence-electron chi connectivity index (χ3n) is 29.5. The second-order valence-corrected chi connectivity index (χ2v) is 74.0. The van der Waals surface area contributed by atoms with Gasteiger partial charge in [0, 0.05) is 0 Å². The fourth-order valence-electron chi connectivity index (χ4n) is 21.9. The third-order valence-corrected chi connectivity index (χ3v) is 73.6. The number of unbranched alkanes of at least 4 members (excludes halogenated alkanes) is 42. The number of benzene rings is 4. The molecular weight excluding hydrogens is 1890 g/mol. The van der Waals surface area contributed by atoms with Crippen molar-refractivity contribution in [3.05, 3.63) is 154 Å². The first-order valence-corrected chi connectivity index (χ1v) is 73.7. The van der Waals surface area contributed by atoms with Gasteiger partial charge in [-0.05, 0) is 0 Å². The molecule has 10 aromatic rings. The Balaban J connectivity index is 1.04. The zero-order chi connectivity index (χ0) is 89.5. The molecule has 0 atom stereocenters. The number of rotatable bonds is 72. The van der Waals surface area contributed by atoms with Crippen LogP contribution in [0.2, 0.25) is 26.6 Å². The van der Waals surface area contributed by atoms with Crippen LogP contribution in [0.4, 0.5) is 0 Å². The Hall–Kier alpha value is -3.34. The van der Waals surface area contributed by atoms with E-state index in [4.69, 9.17) is 18.9 Å². The summed E-state index contributed by atoms with van der Waals surface area (Å²) in [6.07, 6.45) is 68.5. The van der Waals surface area contributed by atoms with E-state index in [0.717, 1.165) is 75.1 Å². The van der Waals surface area contributed by atoms with Gasteiger partial charge in [-0.25, -0.2) is 0 Å². The van der Waals surface area contributed by atoms with Crippen LogP contribution in [-0.2, 0) is 10.8 Å². The maximum absolute atomic E-state index is 6.91. The molecular formula is C116H172O4S6Sn2. The van der Waals surface area contributed by atoms with Crippen molar-refractivity contribution in [3.63, 3.8) is 0 Å². The molecule has 128 heavy (non-hydrogen) atoms. The van der Waals surface area contributed by atoms with Crippen LogP contribution in [-0.4, -0.2) is 63.2 Å². The maximum atomic E-state index is 6.91. The van der Waals surface area contributed by atoms with E-state index in [1.807, 2.05) is 5.79 Å². The van der Waals surface area contributed by atoms with E-state index >= 15 is 0 Å². The van der Waals surface area contributed by atoms with E-state index in [2.05, 4.69) is 246 Å². The molecule has 12 rings (SSSR count). The summed E-state index contributed by atoms with van der Waals surface area (Å²) in [6, 6.07) is 45.1. The standard InChI is InChI=1S/C92H118O4S6.6C4H9.2Sn/c1-5-9-13-17-21-25-29-33-37-41-63-93-73-53-45-69(46-54-73)91(70-47-55-74(56-48-70)94-64-42-38-34-30-26-22-18-14-10-6-2)79-83-77(61-67-97-83)99-85(79)87-81(91)89-90(101-87)82-88(102-89)86-80(84-78(100-86)62-68-98-84)92(82,71-49-57-75(58-50-71)95-65-43-39-35-31-27-23-19-15-11-7-3)72-51-59-76(60-52-72)96-66-44-40-36-32-28-24-20-16-12-8-4;6*1-3-4-2;;/h45-62H,5-44,63-66H2,1-4H3;6*1,3-4H2,2H3;;. The summed E-state index contributed by atoms with van der Waals surface area (Å²) in [4.78, 5) is 5.97. The average Bonchev–Trinajstić information content (AvgIpc) is 1.47. The number of ether oxygens (including phenoxy) is 4. The van der Waals surface area contributed by atoms with Crippen LogP contribution in [0.5, 0.6) is 23.0 Å². The quantitative estimate of drug-likeness (QED) is 0.0281. The first kappa shape index (κ1) is 104. The van der Waals surface area contributed by atoms with Gasteiger partial charge in [-0.1, -0.05) is 259 Å². The normalized spacial score (nSPS) is 13.4. The molecule has 0 saturated carbocycles. The molecule has 2 aliphatic carbocycles. The van der Waals surface area contributed by atoms with Crippen LogP contribution in [0.3, 0.4) is 0 Å². The van der Waals surface area contributed by atoms with E-state index in [9.17, 15) is 0 Å². The molecule has 0 amide bonds. The van der Waals surface area contributed by atoms with Crippen LogP contribution in [0, 0.1) is 0 Å². The van der Waals surface area contributed by atoms with Gasteiger partial charge >= 0.3 is 562 Å². The van der Waals surface area contributed by atoms with E-state index in [1.54, 1.807) is 20.5 Å². The molecule has 0 fully saturated rings. The molecule has 6 heterocycles. The van der Waals surface area contributed by atoms with Gasteiger partial charge in [0.1, 0.15) is 0 Å². The Morgan fingerprint density at radius 2 is 0.391 bits per heavy atom. The van der Waals surface area contributed by atoms with E-state index in [1.165, 1.54) is 407 Å². The molecule has 0 radical (unpaired) electrons. The summed E-state index contributed by atoms with van der Waals surface area (Å²) in [5.74, 6) is 3.95. The number of hydrogen-bond acceptors (Lipinski definition) is 10. The Labute approximate surface area is 812 Å².